The Morgan fingerprint density at radius 1 is 1.03 bits per heavy atom. The molecule has 0 spiro atoms. The van der Waals surface area contributed by atoms with Crippen LogP contribution in [0.3, 0.4) is 0 Å². The van der Waals surface area contributed by atoms with E-state index in [1.54, 1.807) is 6.33 Å². The first-order chi connectivity index (χ1) is 14.3. The van der Waals surface area contributed by atoms with E-state index in [0.29, 0.717) is 17.9 Å². The Morgan fingerprint density at radius 2 is 1.83 bits per heavy atom. The third-order valence-corrected chi connectivity index (χ3v) is 5.35. The van der Waals surface area contributed by atoms with E-state index in [-0.39, 0.29) is 11.8 Å². The number of nitrogens with zero attached hydrogens (tertiary/aromatic N) is 3. The number of rotatable bonds is 3. The summed E-state index contributed by atoms with van der Waals surface area (Å²) >= 11 is 0. The fourth-order valence-corrected chi connectivity index (χ4v) is 4.02. The number of allylic oxidation sites excluding steroid dienone is 1. The van der Waals surface area contributed by atoms with Crippen LogP contribution in [0.15, 0.2) is 90.7 Å². The van der Waals surface area contributed by atoms with Gasteiger partial charge in [-0.1, -0.05) is 60.7 Å². The third kappa shape index (κ3) is 2.82. The van der Waals surface area contributed by atoms with E-state index in [1.807, 2.05) is 48.7 Å². The highest BCUT2D eigenvalue weighted by molar-refractivity contribution is 5.90. The summed E-state index contributed by atoms with van der Waals surface area (Å²) in [6, 6.07) is 24.5. The maximum absolute atomic E-state index is 9.91. The Morgan fingerprint density at radius 3 is 2.66 bits per heavy atom. The molecule has 4 aromatic rings. The average molecular weight is 378 g/mol. The molecule has 1 aliphatic heterocycles. The van der Waals surface area contributed by atoms with Crippen LogP contribution in [-0.4, -0.2) is 9.55 Å². The van der Waals surface area contributed by atoms with Crippen molar-refractivity contribution in [2.75, 3.05) is 0 Å². The molecular formula is C24H18N4O. The van der Waals surface area contributed by atoms with E-state index in [0.717, 1.165) is 27.6 Å². The molecule has 0 saturated carbocycles. The summed E-state index contributed by atoms with van der Waals surface area (Å²) in [6.45, 7) is 0.659. The molecule has 0 aliphatic carbocycles. The summed E-state index contributed by atoms with van der Waals surface area (Å²) in [4.78, 5) is 4.39. The van der Waals surface area contributed by atoms with E-state index in [4.69, 9.17) is 10.5 Å². The third-order valence-electron chi connectivity index (χ3n) is 5.35. The van der Waals surface area contributed by atoms with Crippen molar-refractivity contribution in [1.82, 2.24) is 9.55 Å². The van der Waals surface area contributed by atoms with Gasteiger partial charge >= 0.3 is 0 Å². The molecule has 3 aromatic carbocycles. The lowest BCUT2D eigenvalue weighted by atomic mass is 9.83. The topological polar surface area (TPSA) is 76.9 Å². The molecule has 29 heavy (non-hydrogen) atoms. The molecule has 1 unspecified atom stereocenters. The summed E-state index contributed by atoms with van der Waals surface area (Å²) in [5, 5.41) is 12.0. The van der Waals surface area contributed by atoms with Gasteiger partial charge < -0.3 is 15.0 Å². The van der Waals surface area contributed by atoms with Crippen LogP contribution in [0.4, 0.5) is 0 Å². The van der Waals surface area contributed by atoms with Crippen LogP contribution in [0, 0.1) is 11.3 Å². The number of hydrogen-bond acceptors (Lipinski definition) is 4. The number of nitrogens with two attached hydrogens (primary N) is 1. The van der Waals surface area contributed by atoms with Crippen molar-refractivity contribution in [2.24, 2.45) is 5.73 Å². The van der Waals surface area contributed by atoms with Gasteiger partial charge in [0.1, 0.15) is 17.4 Å². The molecule has 2 N–H and O–H groups in total. The van der Waals surface area contributed by atoms with Crippen molar-refractivity contribution in [3.63, 3.8) is 0 Å². The van der Waals surface area contributed by atoms with E-state index >= 15 is 0 Å². The Hall–Kier alpha value is -4.04. The maximum atomic E-state index is 9.91. The van der Waals surface area contributed by atoms with Gasteiger partial charge in [-0.25, -0.2) is 4.98 Å². The lowest BCUT2D eigenvalue weighted by Crippen LogP contribution is -2.23. The molecule has 5 nitrogen and oxygen atoms in total. The van der Waals surface area contributed by atoms with Crippen LogP contribution in [0.2, 0.25) is 0 Å². The van der Waals surface area contributed by atoms with E-state index in [1.165, 1.54) is 0 Å². The Bertz CT molecular complexity index is 1280. The Labute approximate surface area is 168 Å². The van der Waals surface area contributed by atoms with Crippen LogP contribution in [0.25, 0.3) is 10.8 Å². The maximum Gasteiger partial charge on any atom is 0.205 e. The molecule has 5 rings (SSSR count). The highest BCUT2D eigenvalue weighted by atomic mass is 16.5. The van der Waals surface area contributed by atoms with Crippen molar-refractivity contribution >= 4 is 10.8 Å². The summed E-state index contributed by atoms with van der Waals surface area (Å²) < 4.78 is 7.91. The number of aromatic nitrogens is 2. The second-order valence-electron chi connectivity index (χ2n) is 7.06. The highest BCUT2D eigenvalue weighted by Gasteiger charge is 2.34. The smallest absolute Gasteiger partial charge is 0.205 e. The fourth-order valence-electron chi connectivity index (χ4n) is 4.02. The fraction of sp³-hybridized carbons (Fsp3) is 0.0833. The predicted molar refractivity (Wildman–Crippen MR) is 111 cm³/mol. The van der Waals surface area contributed by atoms with Gasteiger partial charge in [0.15, 0.2) is 0 Å². The molecule has 0 saturated heterocycles. The largest absolute Gasteiger partial charge is 0.440 e. The summed E-state index contributed by atoms with van der Waals surface area (Å²) in [7, 11) is 0. The molecule has 140 valence electrons. The molecule has 0 amide bonds. The highest BCUT2D eigenvalue weighted by Crippen LogP contribution is 2.45. The standard InChI is InChI=1S/C24H18N4O/c25-12-19-22(20-13-27-15-28(20)14-16-6-2-1-3-7-16)23-18-9-5-4-8-17(18)10-11-21(23)29-24(19)26/h1-11,13,15,22H,14,26H2. The van der Waals surface area contributed by atoms with Gasteiger partial charge in [-0.15, -0.1) is 0 Å². The molecule has 1 atom stereocenters. The average Bonchev–Trinajstić information content (AvgIpc) is 3.21. The molecule has 1 aliphatic rings. The van der Waals surface area contributed by atoms with Crippen LogP contribution < -0.4 is 10.5 Å². The van der Waals surface area contributed by atoms with Crippen LogP contribution in [0.5, 0.6) is 5.75 Å². The van der Waals surface area contributed by atoms with Gasteiger partial charge in [0.25, 0.3) is 0 Å². The molecule has 0 radical (unpaired) electrons. The second-order valence-corrected chi connectivity index (χ2v) is 7.06. The molecule has 2 heterocycles. The quantitative estimate of drug-likeness (QED) is 0.576. The van der Waals surface area contributed by atoms with E-state index in [2.05, 4.69) is 39.9 Å². The van der Waals surface area contributed by atoms with Crippen molar-refractivity contribution < 1.29 is 4.74 Å². The number of hydrogen-bond donors (Lipinski definition) is 1. The minimum atomic E-state index is -0.346. The first-order valence-corrected chi connectivity index (χ1v) is 9.39. The van der Waals surface area contributed by atoms with Gasteiger partial charge in [0.05, 0.1) is 17.9 Å². The lowest BCUT2D eigenvalue weighted by Gasteiger charge is -2.28. The molecular weight excluding hydrogens is 360 g/mol. The van der Waals surface area contributed by atoms with Crippen molar-refractivity contribution in [2.45, 2.75) is 12.5 Å². The number of ether oxygens (including phenoxy) is 1. The zero-order valence-corrected chi connectivity index (χ0v) is 15.6. The minimum Gasteiger partial charge on any atom is -0.440 e. The van der Waals surface area contributed by atoms with Gasteiger partial charge in [0.2, 0.25) is 5.88 Å². The van der Waals surface area contributed by atoms with Crippen LogP contribution in [0.1, 0.15) is 22.7 Å². The van der Waals surface area contributed by atoms with E-state index in [9.17, 15) is 5.26 Å². The van der Waals surface area contributed by atoms with Crippen molar-refractivity contribution in [3.05, 3.63) is 108 Å². The monoisotopic (exact) mass is 378 g/mol. The second kappa shape index (κ2) is 6.84. The molecule has 0 bridgehead atoms. The lowest BCUT2D eigenvalue weighted by molar-refractivity contribution is 0.393. The first kappa shape index (κ1) is 17.1. The zero-order chi connectivity index (χ0) is 19.8. The Kier molecular flexibility index (Phi) is 4.03. The summed E-state index contributed by atoms with van der Waals surface area (Å²) in [5.74, 6) is 0.478. The van der Waals surface area contributed by atoms with Gasteiger partial charge in [-0.05, 0) is 22.4 Å². The molecule has 0 fully saturated rings. The zero-order valence-electron chi connectivity index (χ0n) is 15.6. The van der Waals surface area contributed by atoms with Crippen LogP contribution >= 0.6 is 0 Å². The van der Waals surface area contributed by atoms with Crippen molar-refractivity contribution in [3.8, 4) is 11.8 Å². The number of nitriles is 1. The van der Waals surface area contributed by atoms with Crippen LogP contribution in [-0.2, 0) is 6.54 Å². The number of imidazole rings is 1. The SMILES string of the molecule is N#CC1=C(N)Oc2ccc3ccccc3c2C1c1cncn1Cc1ccccc1. The van der Waals surface area contributed by atoms with Gasteiger partial charge in [0, 0.05) is 18.3 Å². The molecule has 5 heteroatoms. The first-order valence-electron chi connectivity index (χ1n) is 9.39. The summed E-state index contributed by atoms with van der Waals surface area (Å²) in [6.07, 6.45) is 3.61. The predicted octanol–water partition coefficient (Wildman–Crippen LogP) is 4.30. The molecule has 1 aromatic heterocycles. The van der Waals surface area contributed by atoms with E-state index < -0.39 is 0 Å². The normalized spacial score (nSPS) is 15.6. The Balaban J connectivity index is 1.72. The van der Waals surface area contributed by atoms with Gasteiger partial charge in [-0.3, -0.25) is 0 Å². The number of benzene rings is 3. The van der Waals surface area contributed by atoms with Gasteiger partial charge in [-0.2, -0.15) is 5.26 Å². The summed E-state index contributed by atoms with van der Waals surface area (Å²) in [5.41, 5.74) is 9.58. The van der Waals surface area contributed by atoms with Crippen molar-refractivity contribution in [1.29, 1.82) is 5.26 Å². The number of fused-ring (bicyclic) bond motifs is 3. The minimum absolute atomic E-state index is 0.146.